The van der Waals surface area contributed by atoms with Gasteiger partial charge in [-0.05, 0) is 30.9 Å². The number of carbonyl (C=O) groups excluding carboxylic acids is 4. The first kappa shape index (κ1) is 20.6. The molecule has 8 nitrogen and oxygen atoms in total. The van der Waals surface area contributed by atoms with Gasteiger partial charge >= 0.3 is 5.97 Å². The van der Waals surface area contributed by atoms with Gasteiger partial charge in [-0.1, -0.05) is 30.4 Å². The molecule has 1 aliphatic heterocycles. The molecule has 1 aromatic rings. The second-order valence-corrected chi connectivity index (χ2v) is 6.99. The van der Waals surface area contributed by atoms with Gasteiger partial charge in [-0.25, -0.2) is 0 Å². The van der Waals surface area contributed by atoms with Gasteiger partial charge in [-0.3, -0.25) is 24.1 Å². The lowest BCUT2D eigenvalue weighted by Crippen LogP contribution is -2.38. The Balaban J connectivity index is 1.40. The number of hydrogen-bond donors (Lipinski definition) is 1. The van der Waals surface area contributed by atoms with Gasteiger partial charge < -0.3 is 14.8 Å². The zero-order valence-electron chi connectivity index (χ0n) is 16.3. The highest BCUT2D eigenvalue weighted by atomic mass is 16.5. The Bertz CT molecular complexity index is 808. The van der Waals surface area contributed by atoms with Gasteiger partial charge in [0.05, 0.1) is 18.9 Å². The smallest absolute Gasteiger partial charge is 0.326 e. The molecule has 1 saturated heterocycles. The number of para-hydroxylation sites is 1. The molecule has 3 rings (SSSR count). The third-order valence-electron chi connectivity index (χ3n) is 5.16. The summed E-state index contributed by atoms with van der Waals surface area (Å²) >= 11 is 0. The molecular formula is C21H24N2O6. The summed E-state index contributed by atoms with van der Waals surface area (Å²) in [6.45, 7) is -0.565. The SMILES string of the molecule is COc1ccccc1CCNC(=O)COC(=O)CN1C(=O)[C@H]2CC=CC[C@@H]2C1=O. The number of esters is 1. The van der Waals surface area contributed by atoms with Crippen LogP contribution in [0, 0.1) is 11.8 Å². The maximum Gasteiger partial charge on any atom is 0.326 e. The summed E-state index contributed by atoms with van der Waals surface area (Å²) in [6.07, 6.45) is 5.34. The molecule has 1 heterocycles. The molecule has 0 bridgehead atoms. The van der Waals surface area contributed by atoms with Gasteiger partial charge in [0.15, 0.2) is 6.61 Å². The summed E-state index contributed by atoms with van der Waals surface area (Å²) in [6, 6.07) is 7.49. The van der Waals surface area contributed by atoms with Crippen molar-refractivity contribution in [1.29, 1.82) is 0 Å². The van der Waals surface area contributed by atoms with Crippen LogP contribution in [0.3, 0.4) is 0 Å². The average Bonchev–Trinajstić information content (AvgIpc) is 2.98. The highest BCUT2D eigenvalue weighted by Gasteiger charge is 2.47. The Morgan fingerprint density at radius 1 is 1.10 bits per heavy atom. The first-order chi connectivity index (χ1) is 14.0. The van der Waals surface area contributed by atoms with Crippen LogP contribution in [-0.2, 0) is 30.3 Å². The topological polar surface area (TPSA) is 102 Å². The summed E-state index contributed by atoms with van der Waals surface area (Å²) in [5, 5.41) is 2.66. The predicted octanol–water partition coefficient (Wildman–Crippen LogP) is 0.848. The third-order valence-corrected chi connectivity index (χ3v) is 5.16. The minimum Gasteiger partial charge on any atom is -0.496 e. The van der Waals surface area contributed by atoms with Crippen LogP contribution in [0.15, 0.2) is 36.4 Å². The fourth-order valence-electron chi connectivity index (χ4n) is 3.64. The van der Waals surface area contributed by atoms with E-state index in [1.807, 2.05) is 36.4 Å². The van der Waals surface area contributed by atoms with E-state index in [9.17, 15) is 19.2 Å². The second kappa shape index (κ2) is 9.36. The van der Waals surface area contributed by atoms with Gasteiger partial charge in [0.2, 0.25) is 11.8 Å². The quantitative estimate of drug-likeness (QED) is 0.394. The van der Waals surface area contributed by atoms with Crippen molar-refractivity contribution in [2.45, 2.75) is 19.3 Å². The Hall–Kier alpha value is -3.16. The van der Waals surface area contributed by atoms with Crippen molar-refractivity contribution in [3.63, 3.8) is 0 Å². The van der Waals surface area contributed by atoms with Crippen molar-refractivity contribution in [1.82, 2.24) is 10.2 Å². The first-order valence-electron chi connectivity index (χ1n) is 9.55. The van der Waals surface area contributed by atoms with Crippen LogP contribution in [-0.4, -0.2) is 55.4 Å². The molecule has 1 N–H and O–H groups in total. The largest absolute Gasteiger partial charge is 0.496 e. The van der Waals surface area contributed by atoms with Gasteiger partial charge in [-0.2, -0.15) is 0 Å². The number of methoxy groups -OCH3 is 1. The number of rotatable bonds is 8. The fraction of sp³-hybridized carbons (Fsp3) is 0.429. The number of nitrogens with zero attached hydrogens (tertiary/aromatic N) is 1. The lowest BCUT2D eigenvalue weighted by Gasteiger charge is -2.14. The molecule has 0 aromatic heterocycles. The molecule has 0 spiro atoms. The van der Waals surface area contributed by atoms with Crippen LogP contribution in [0.2, 0.25) is 0 Å². The predicted molar refractivity (Wildman–Crippen MR) is 103 cm³/mol. The average molecular weight is 400 g/mol. The number of likely N-dealkylation sites (tertiary alicyclic amines) is 1. The number of carbonyl (C=O) groups is 4. The highest BCUT2D eigenvalue weighted by molar-refractivity contribution is 6.07. The number of ether oxygens (including phenoxy) is 2. The number of nitrogens with one attached hydrogen (secondary N) is 1. The fourth-order valence-corrected chi connectivity index (χ4v) is 3.64. The van der Waals surface area contributed by atoms with Crippen LogP contribution >= 0.6 is 0 Å². The number of benzene rings is 1. The van der Waals surface area contributed by atoms with E-state index in [-0.39, 0.29) is 11.8 Å². The van der Waals surface area contributed by atoms with E-state index >= 15 is 0 Å². The monoisotopic (exact) mass is 400 g/mol. The van der Waals surface area contributed by atoms with Crippen molar-refractivity contribution < 1.29 is 28.7 Å². The summed E-state index contributed by atoms with van der Waals surface area (Å²) in [7, 11) is 1.58. The number of allylic oxidation sites excluding steroid dienone is 2. The van der Waals surface area contributed by atoms with Crippen LogP contribution < -0.4 is 10.1 Å². The van der Waals surface area contributed by atoms with E-state index in [0.29, 0.717) is 25.8 Å². The van der Waals surface area contributed by atoms with Crippen LogP contribution in [0.25, 0.3) is 0 Å². The zero-order valence-corrected chi connectivity index (χ0v) is 16.3. The molecule has 0 unspecified atom stereocenters. The summed E-state index contributed by atoms with van der Waals surface area (Å²) in [4.78, 5) is 49.5. The molecule has 2 aliphatic rings. The molecule has 0 radical (unpaired) electrons. The van der Waals surface area contributed by atoms with Crippen LogP contribution in [0.1, 0.15) is 18.4 Å². The van der Waals surface area contributed by atoms with E-state index in [1.54, 1.807) is 7.11 Å². The second-order valence-electron chi connectivity index (χ2n) is 6.99. The molecule has 1 fully saturated rings. The molecule has 2 atom stereocenters. The Morgan fingerprint density at radius 3 is 2.41 bits per heavy atom. The van der Waals surface area contributed by atoms with E-state index in [1.165, 1.54) is 0 Å². The molecule has 8 heteroatoms. The molecule has 1 aromatic carbocycles. The first-order valence-corrected chi connectivity index (χ1v) is 9.55. The maximum absolute atomic E-state index is 12.3. The lowest BCUT2D eigenvalue weighted by molar-refractivity contribution is -0.154. The molecule has 29 heavy (non-hydrogen) atoms. The standard InChI is InChI=1S/C21H24N2O6/c1-28-17-9-5-2-6-14(17)10-11-22-18(24)13-29-19(25)12-23-20(26)15-7-3-4-8-16(15)21(23)27/h2-6,9,15-16H,7-8,10-13H2,1H3,(H,22,24)/t15-,16-/m0/s1. The number of hydrogen-bond acceptors (Lipinski definition) is 6. The van der Waals surface area contributed by atoms with Crippen molar-refractivity contribution in [2.24, 2.45) is 11.8 Å². The normalized spacial score (nSPS) is 20.4. The lowest BCUT2D eigenvalue weighted by atomic mass is 9.85. The van der Waals surface area contributed by atoms with E-state index in [4.69, 9.17) is 9.47 Å². The number of fused-ring (bicyclic) bond motifs is 1. The van der Waals surface area contributed by atoms with Crippen molar-refractivity contribution in [3.8, 4) is 5.75 Å². The Morgan fingerprint density at radius 2 is 1.76 bits per heavy atom. The van der Waals surface area contributed by atoms with Crippen LogP contribution in [0.4, 0.5) is 0 Å². The molecule has 3 amide bonds. The maximum atomic E-state index is 12.3. The van der Waals surface area contributed by atoms with Gasteiger partial charge in [0, 0.05) is 6.54 Å². The third kappa shape index (κ3) is 4.82. The summed E-state index contributed by atoms with van der Waals surface area (Å²) in [5.74, 6) is -1.96. The van der Waals surface area contributed by atoms with Crippen molar-refractivity contribution in [2.75, 3.05) is 26.8 Å². The molecule has 154 valence electrons. The molecular weight excluding hydrogens is 376 g/mol. The van der Waals surface area contributed by atoms with E-state index in [0.717, 1.165) is 16.2 Å². The Kier molecular flexibility index (Phi) is 6.64. The Labute approximate surface area is 168 Å². The van der Waals surface area contributed by atoms with E-state index < -0.39 is 36.9 Å². The van der Waals surface area contributed by atoms with Crippen molar-refractivity contribution in [3.05, 3.63) is 42.0 Å². The number of imide groups is 1. The zero-order chi connectivity index (χ0) is 20.8. The van der Waals surface area contributed by atoms with Gasteiger partial charge in [0.1, 0.15) is 12.3 Å². The number of amides is 3. The van der Waals surface area contributed by atoms with Gasteiger partial charge in [-0.15, -0.1) is 0 Å². The van der Waals surface area contributed by atoms with Crippen molar-refractivity contribution >= 4 is 23.7 Å². The molecule has 1 aliphatic carbocycles. The van der Waals surface area contributed by atoms with Crippen LogP contribution in [0.5, 0.6) is 5.75 Å². The van der Waals surface area contributed by atoms with Gasteiger partial charge in [0.25, 0.3) is 5.91 Å². The molecule has 0 saturated carbocycles. The van der Waals surface area contributed by atoms with E-state index in [2.05, 4.69) is 5.32 Å². The minimum atomic E-state index is -0.779. The minimum absolute atomic E-state index is 0.345. The summed E-state index contributed by atoms with van der Waals surface area (Å²) in [5.41, 5.74) is 0.953. The highest BCUT2D eigenvalue weighted by Crippen LogP contribution is 2.34. The summed E-state index contributed by atoms with van der Waals surface area (Å²) < 4.78 is 10.2.